The maximum Gasteiger partial charge on any atom is 0.350 e. The van der Waals surface area contributed by atoms with E-state index in [1.807, 2.05) is 12.3 Å². The number of anilines is 4. The highest BCUT2D eigenvalue weighted by Crippen LogP contribution is 2.46. The van der Waals surface area contributed by atoms with Crippen molar-refractivity contribution >= 4 is 83.2 Å². The molecule has 4 aromatic heterocycles. The van der Waals surface area contributed by atoms with Crippen molar-refractivity contribution in [3.05, 3.63) is 28.1 Å². The molecule has 33 heavy (non-hydrogen) atoms. The molecular weight excluding hydrogens is 470 g/mol. The molecule has 13 nitrogen and oxygen atoms in total. The van der Waals surface area contributed by atoms with E-state index in [0.29, 0.717) is 34.9 Å². The zero-order chi connectivity index (χ0) is 27.3. The van der Waals surface area contributed by atoms with Crippen LogP contribution in [-0.2, 0) is 0 Å². The first-order valence-corrected chi connectivity index (χ1v) is 11.4. The highest BCUT2D eigenvalue weighted by molar-refractivity contribution is 7.22. The lowest BCUT2D eigenvalue weighted by Crippen LogP contribution is -2.38. The van der Waals surface area contributed by atoms with E-state index < -0.39 is 11.0 Å². The van der Waals surface area contributed by atoms with Crippen molar-refractivity contribution in [1.82, 2.24) is 19.9 Å². The summed E-state index contributed by atoms with van der Waals surface area (Å²) in [5.41, 5.74) is 1.02. The first kappa shape index (κ1) is 18.6. The number of aromatic nitrogens is 4. The minimum Gasteiger partial charge on any atom is -0.306 e. The van der Waals surface area contributed by atoms with Gasteiger partial charge in [-0.2, -0.15) is 0 Å². The molecule has 6 rings (SSSR count). The summed E-state index contributed by atoms with van der Waals surface area (Å²) in [5, 5.41) is 19.6. The highest BCUT2D eigenvalue weighted by Gasteiger charge is 2.34. The largest absolute Gasteiger partial charge is 0.350 e. The van der Waals surface area contributed by atoms with Gasteiger partial charge in [-0.3, -0.25) is 19.9 Å². The fourth-order valence-corrected chi connectivity index (χ4v) is 5.39. The molecule has 0 saturated heterocycles. The Kier molecular flexibility index (Phi) is 4.42. The van der Waals surface area contributed by atoms with Gasteiger partial charge in [0.15, 0.2) is 11.6 Å². The number of nitrogens with zero attached hydrogens (tertiary/aromatic N) is 7. The van der Waals surface area contributed by atoms with Crippen LogP contribution >= 0.6 is 22.7 Å². The zero-order valence-electron chi connectivity index (χ0n) is 21.2. The summed E-state index contributed by atoms with van der Waals surface area (Å²) in [5.74, 6) is 1.13. The Bertz CT molecular complexity index is 1470. The molecular formula is C18H21N9O4S2. The molecule has 15 heteroatoms. The third-order valence-corrected chi connectivity index (χ3v) is 7.01. The number of rotatable bonds is 3. The number of carbonyl (C=O) groups excluding carboxylic acids is 2. The van der Waals surface area contributed by atoms with Gasteiger partial charge in [-0.25, -0.2) is 29.5 Å². The second kappa shape index (κ2) is 7.86. The third kappa shape index (κ3) is 3.20. The molecule has 0 aliphatic carbocycles. The van der Waals surface area contributed by atoms with Gasteiger partial charge in [-0.1, -0.05) is 0 Å². The number of nitro groups is 1. The maximum atomic E-state index is 11.8. The summed E-state index contributed by atoms with van der Waals surface area (Å²) < 4.78 is 20.0. The smallest absolute Gasteiger partial charge is 0.306 e. The SMILES string of the molecule is CCN1C(=O)Nc2c([N+](=O)[O-])sc3ncnc1c23.CCN1C(=O)Nc2csc3ncnc1c23.[2HH].[2H][2H].[2H][2H]. The van der Waals surface area contributed by atoms with Gasteiger partial charge >= 0.3 is 17.1 Å². The fraction of sp³-hybridized carbons (Fsp3) is 0.222. The van der Waals surface area contributed by atoms with Crippen LogP contribution < -0.4 is 20.4 Å². The van der Waals surface area contributed by atoms with Crippen LogP contribution in [-0.4, -0.2) is 50.0 Å². The summed E-state index contributed by atoms with van der Waals surface area (Å²) in [4.78, 5) is 54.8. The number of urea groups is 2. The van der Waals surface area contributed by atoms with Gasteiger partial charge in [0.1, 0.15) is 28.0 Å². The molecule has 0 bridgehead atoms. The molecule has 0 saturated carbocycles. The lowest BCUT2D eigenvalue weighted by molar-refractivity contribution is -0.379. The number of carbonyl (C=O) groups is 2. The minimum atomic E-state index is -0.520. The van der Waals surface area contributed by atoms with Crippen molar-refractivity contribution < 1.29 is 21.9 Å². The molecule has 0 atom stereocenters. The summed E-state index contributed by atoms with van der Waals surface area (Å²) in [6.07, 6.45) is 2.81. The van der Waals surface area contributed by atoms with E-state index in [0.717, 1.165) is 27.2 Å². The molecule has 0 unspecified atom stereocenters. The van der Waals surface area contributed by atoms with E-state index in [9.17, 15) is 19.7 Å². The average Bonchev–Trinajstić information content (AvgIpc) is 3.50. The minimum absolute atomic E-state index is 0. The quantitative estimate of drug-likeness (QED) is 0.303. The summed E-state index contributed by atoms with van der Waals surface area (Å²) >= 11 is 2.45. The van der Waals surface area contributed by atoms with Crippen molar-refractivity contribution in [2.24, 2.45) is 0 Å². The zero-order valence-corrected chi connectivity index (χ0v) is 18.9. The molecule has 4 aromatic rings. The second-order valence-electron chi connectivity index (χ2n) is 6.79. The summed E-state index contributed by atoms with van der Waals surface area (Å²) in [6.45, 7) is 4.76. The number of amides is 4. The lowest BCUT2D eigenvalue weighted by atomic mass is 10.2. The Balaban J connectivity index is 0.000000233. The van der Waals surface area contributed by atoms with Crippen LogP contribution in [0.3, 0.4) is 0 Å². The first-order valence-electron chi connectivity index (χ1n) is 11.8. The second-order valence-corrected chi connectivity index (χ2v) is 8.63. The molecule has 2 N–H and O–H groups in total. The molecule has 174 valence electrons. The fourth-order valence-electron chi connectivity index (χ4n) is 3.65. The number of nitrogens with one attached hydrogen (secondary N) is 2. The molecule has 4 amide bonds. The van der Waals surface area contributed by atoms with Crippen molar-refractivity contribution in [1.29, 1.82) is 0 Å². The Morgan fingerprint density at radius 1 is 1.00 bits per heavy atom. The average molecular weight is 497 g/mol. The van der Waals surface area contributed by atoms with Crippen molar-refractivity contribution in [2.75, 3.05) is 33.5 Å². The predicted molar refractivity (Wildman–Crippen MR) is 132 cm³/mol. The van der Waals surface area contributed by atoms with E-state index >= 15 is 0 Å². The Morgan fingerprint density at radius 2 is 1.61 bits per heavy atom. The number of hydrogen-bond acceptors (Lipinski definition) is 10. The van der Waals surface area contributed by atoms with Crippen LogP contribution in [0.25, 0.3) is 20.4 Å². The van der Waals surface area contributed by atoms with Gasteiger partial charge in [0.2, 0.25) is 0 Å². The lowest BCUT2D eigenvalue weighted by Gasteiger charge is -2.25. The van der Waals surface area contributed by atoms with Gasteiger partial charge in [0.05, 0.1) is 21.4 Å². The molecule has 6 heterocycles. The van der Waals surface area contributed by atoms with Gasteiger partial charge in [-0.15, -0.1) is 11.3 Å². The Hall–Kier alpha value is -3.98. The van der Waals surface area contributed by atoms with Crippen molar-refractivity contribution in [3.8, 4) is 0 Å². The standard InChI is InChI=1S/C9H7N5O3S.C9H8N4OS.3H2/c1-2-13-6-4-5(12-9(13)15)8(14(16)17)18-7(4)11-3-10-6;1-2-13-7-6-5(12-9(13)14)3-15-8(6)11-4-10-7;;;/h3H,2H2,1H3,(H,12,15);3-4H,2H2,1H3,(H,12,14);3*1H/i;;2*1+1D;1+1. The number of thiophene rings is 2. The summed E-state index contributed by atoms with van der Waals surface area (Å²) in [6, 6.07) is -0.532. The van der Waals surface area contributed by atoms with Crippen LogP contribution in [0.5, 0.6) is 0 Å². The Morgan fingerprint density at radius 3 is 2.24 bits per heavy atom. The summed E-state index contributed by atoms with van der Waals surface area (Å²) in [7, 11) is 0. The van der Waals surface area contributed by atoms with E-state index in [-0.39, 0.29) is 18.1 Å². The highest BCUT2D eigenvalue weighted by atomic mass is 32.1. The molecule has 0 aromatic carbocycles. The van der Waals surface area contributed by atoms with E-state index in [2.05, 4.69) is 30.6 Å². The van der Waals surface area contributed by atoms with Crippen molar-refractivity contribution in [2.45, 2.75) is 13.8 Å². The Labute approximate surface area is 200 Å². The molecule has 0 fully saturated rings. The third-order valence-electron chi connectivity index (χ3n) is 5.07. The predicted octanol–water partition coefficient (Wildman–Crippen LogP) is 4.77. The normalized spacial score (nSPS) is 14.6. The van der Waals surface area contributed by atoms with Gasteiger partial charge in [-0.05, 0) is 25.2 Å². The molecule has 0 radical (unpaired) electrons. The van der Waals surface area contributed by atoms with Gasteiger partial charge in [0, 0.05) is 25.8 Å². The van der Waals surface area contributed by atoms with Crippen LogP contribution in [0.4, 0.5) is 37.6 Å². The van der Waals surface area contributed by atoms with Gasteiger partial charge in [0.25, 0.3) is 0 Å². The van der Waals surface area contributed by atoms with E-state index in [1.54, 1.807) is 11.8 Å². The van der Waals surface area contributed by atoms with E-state index in [4.69, 9.17) is 5.94 Å². The van der Waals surface area contributed by atoms with Crippen LogP contribution in [0, 0.1) is 10.1 Å². The van der Waals surface area contributed by atoms with Crippen LogP contribution in [0.1, 0.15) is 21.2 Å². The number of hydrogen-bond donors (Lipinski definition) is 2. The molecule has 0 spiro atoms. The van der Waals surface area contributed by atoms with Crippen LogP contribution in [0.2, 0.25) is 0 Å². The van der Waals surface area contributed by atoms with E-state index in [1.165, 1.54) is 28.9 Å². The van der Waals surface area contributed by atoms with Gasteiger partial charge < -0.3 is 10.6 Å². The maximum absolute atomic E-state index is 11.8. The monoisotopic (exact) mass is 496 g/mol. The topological polar surface area (TPSA) is 159 Å². The van der Waals surface area contributed by atoms with Crippen molar-refractivity contribution in [3.63, 3.8) is 0 Å². The molecule has 2 aliphatic heterocycles. The first-order chi connectivity index (χ1) is 17.9. The van der Waals surface area contributed by atoms with Crippen LogP contribution in [0.15, 0.2) is 18.0 Å². The molecule has 2 aliphatic rings.